The molecule has 2 aliphatic rings. The van der Waals surface area contributed by atoms with Crippen molar-refractivity contribution in [1.82, 2.24) is 18.8 Å². The van der Waals surface area contributed by atoms with Crippen LogP contribution < -0.4 is 10.6 Å². The number of carbonyl (C=O) groups is 2. The average molecular weight is 433 g/mol. The maximum absolute atomic E-state index is 12.9. The van der Waals surface area contributed by atoms with Crippen LogP contribution in [-0.2, 0) is 21.4 Å². The molecule has 0 radical (unpaired) electrons. The minimum Gasteiger partial charge on any atom is -0.368 e. The Morgan fingerprint density at radius 3 is 2.57 bits per heavy atom. The number of imidazole rings is 1. The maximum atomic E-state index is 12.9. The summed E-state index contributed by atoms with van der Waals surface area (Å²) in [6, 6.07) is 6.06. The third-order valence-electron chi connectivity index (χ3n) is 5.74. The van der Waals surface area contributed by atoms with E-state index in [0.29, 0.717) is 18.1 Å². The van der Waals surface area contributed by atoms with E-state index in [2.05, 4.69) is 4.98 Å². The Labute approximate surface area is 174 Å². The number of aromatic nitrogens is 2. The number of sulfonamides is 1. The minimum atomic E-state index is -3.34. The van der Waals surface area contributed by atoms with Gasteiger partial charge in [-0.05, 0) is 37.1 Å². The van der Waals surface area contributed by atoms with Crippen LogP contribution in [0.2, 0.25) is 0 Å². The Kier molecular flexibility index (Phi) is 5.02. The van der Waals surface area contributed by atoms with Gasteiger partial charge in [0.15, 0.2) is 0 Å². The van der Waals surface area contributed by atoms with Gasteiger partial charge in [0.2, 0.25) is 15.9 Å². The summed E-state index contributed by atoms with van der Waals surface area (Å²) in [6.07, 6.45) is 6.12. The molecule has 0 spiro atoms. The second-order valence-corrected chi connectivity index (χ2v) is 9.74. The van der Waals surface area contributed by atoms with E-state index in [9.17, 15) is 18.0 Å². The Morgan fingerprint density at radius 1 is 1.27 bits per heavy atom. The first-order chi connectivity index (χ1) is 14.2. The topological polar surface area (TPSA) is 122 Å². The van der Waals surface area contributed by atoms with Crippen LogP contribution in [0.15, 0.2) is 36.7 Å². The van der Waals surface area contributed by atoms with Crippen molar-refractivity contribution < 1.29 is 18.0 Å². The lowest BCUT2D eigenvalue weighted by molar-refractivity contribution is -0.119. The van der Waals surface area contributed by atoms with Gasteiger partial charge in [0.1, 0.15) is 11.9 Å². The predicted molar refractivity (Wildman–Crippen MR) is 110 cm³/mol. The summed E-state index contributed by atoms with van der Waals surface area (Å²) >= 11 is 0. The van der Waals surface area contributed by atoms with Gasteiger partial charge in [-0.3, -0.25) is 9.69 Å². The molecule has 10 nitrogen and oxygen atoms in total. The summed E-state index contributed by atoms with van der Waals surface area (Å²) in [5.41, 5.74) is 6.98. The van der Waals surface area contributed by atoms with E-state index >= 15 is 0 Å². The normalized spacial score (nSPS) is 21.5. The first kappa shape index (κ1) is 20.4. The van der Waals surface area contributed by atoms with E-state index in [-0.39, 0.29) is 18.6 Å². The average Bonchev–Trinajstić information content (AvgIpc) is 3.38. The number of hydrogen-bond acceptors (Lipinski definition) is 5. The van der Waals surface area contributed by atoms with Crippen molar-refractivity contribution in [3.63, 3.8) is 0 Å². The number of nitrogens with two attached hydrogens (primary N) is 1. The molecule has 11 heteroatoms. The Hall–Kier alpha value is -2.92. The largest absolute Gasteiger partial charge is 0.368 e. The molecule has 2 fully saturated rings. The monoisotopic (exact) mass is 432 g/mol. The lowest BCUT2D eigenvalue weighted by Crippen LogP contribution is -2.46. The van der Waals surface area contributed by atoms with Gasteiger partial charge in [-0.1, -0.05) is 0 Å². The molecule has 0 aliphatic carbocycles. The standard InChI is InChI=1S/C19H24N6O4S/c1-22(30(2,28)29)12-16-21-9-11-23(16)13-5-7-14(8-6-13)25-17(18(20)26)15-4-3-10-24(15)19(25)27/h5-9,11,15,17H,3-4,10,12H2,1-2H3,(H2,20,26)/t15-,17?/m1/s1. The zero-order valence-electron chi connectivity index (χ0n) is 16.8. The van der Waals surface area contributed by atoms with E-state index in [0.717, 1.165) is 24.8 Å². The van der Waals surface area contributed by atoms with Crippen LogP contribution in [0.5, 0.6) is 0 Å². The van der Waals surface area contributed by atoms with Crippen molar-refractivity contribution >= 4 is 27.6 Å². The van der Waals surface area contributed by atoms with Crippen molar-refractivity contribution in [1.29, 1.82) is 0 Å². The quantitative estimate of drug-likeness (QED) is 0.713. The number of fused-ring (bicyclic) bond motifs is 1. The second-order valence-electron chi connectivity index (χ2n) is 7.65. The third-order valence-corrected chi connectivity index (χ3v) is 7.00. The van der Waals surface area contributed by atoms with Crippen LogP contribution >= 0.6 is 0 Å². The van der Waals surface area contributed by atoms with Crippen molar-refractivity contribution in [2.75, 3.05) is 24.7 Å². The number of urea groups is 1. The Balaban J connectivity index is 1.61. The molecule has 2 N–H and O–H groups in total. The zero-order chi connectivity index (χ0) is 21.6. The van der Waals surface area contributed by atoms with Crippen LogP contribution in [0.25, 0.3) is 5.69 Å². The first-order valence-electron chi connectivity index (χ1n) is 9.61. The molecule has 4 rings (SSSR count). The molecule has 0 bridgehead atoms. The summed E-state index contributed by atoms with van der Waals surface area (Å²) in [4.78, 5) is 32.4. The number of rotatable bonds is 6. The van der Waals surface area contributed by atoms with Gasteiger partial charge < -0.3 is 15.2 Å². The molecule has 0 saturated carbocycles. The minimum absolute atomic E-state index is 0.124. The molecule has 3 amide bonds. The molecule has 30 heavy (non-hydrogen) atoms. The number of amides is 3. The molecule has 1 aromatic carbocycles. The molecule has 1 unspecified atom stereocenters. The number of primary amides is 1. The summed E-state index contributed by atoms with van der Waals surface area (Å²) in [7, 11) is -1.84. The molecule has 1 aromatic heterocycles. The van der Waals surface area contributed by atoms with Crippen LogP contribution in [-0.4, -0.2) is 71.0 Å². The smallest absolute Gasteiger partial charge is 0.325 e. The van der Waals surface area contributed by atoms with Gasteiger partial charge >= 0.3 is 6.03 Å². The van der Waals surface area contributed by atoms with Gasteiger partial charge in [-0.2, -0.15) is 4.31 Å². The van der Waals surface area contributed by atoms with Crippen LogP contribution in [0.3, 0.4) is 0 Å². The van der Waals surface area contributed by atoms with E-state index in [4.69, 9.17) is 5.73 Å². The highest BCUT2D eigenvalue weighted by Crippen LogP contribution is 2.35. The number of carbonyl (C=O) groups excluding carboxylic acids is 2. The van der Waals surface area contributed by atoms with E-state index < -0.39 is 22.0 Å². The van der Waals surface area contributed by atoms with Gasteiger partial charge in [0.05, 0.1) is 18.8 Å². The van der Waals surface area contributed by atoms with Gasteiger partial charge in [-0.25, -0.2) is 18.2 Å². The van der Waals surface area contributed by atoms with E-state index in [1.807, 2.05) is 0 Å². The summed E-state index contributed by atoms with van der Waals surface area (Å²) < 4.78 is 26.4. The molecule has 2 aliphatic heterocycles. The summed E-state index contributed by atoms with van der Waals surface area (Å²) in [5, 5.41) is 0. The van der Waals surface area contributed by atoms with Crippen LogP contribution in [0.4, 0.5) is 10.5 Å². The molecule has 3 heterocycles. The molecule has 2 saturated heterocycles. The second kappa shape index (κ2) is 7.40. The lowest BCUT2D eigenvalue weighted by atomic mass is 10.1. The van der Waals surface area contributed by atoms with Crippen molar-refractivity contribution in [2.45, 2.75) is 31.5 Å². The van der Waals surface area contributed by atoms with Gasteiger partial charge in [-0.15, -0.1) is 0 Å². The Bertz CT molecular complexity index is 1080. The van der Waals surface area contributed by atoms with Crippen molar-refractivity contribution in [3.05, 3.63) is 42.5 Å². The van der Waals surface area contributed by atoms with Crippen molar-refractivity contribution in [2.24, 2.45) is 5.73 Å². The highest BCUT2D eigenvalue weighted by atomic mass is 32.2. The van der Waals surface area contributed by atoms with Gasteiger partial charge in [0, 0.05) is 37.4 Å². The molecular formula is C19H24N6O4S. The predicted octanol–water partition coefficient (Wildman–Crippen LogP) is 0.522. The number of benzene rings is 1. The SMILES string of the molecule is CN(Cc1nccn1-c1ccc(N2C(=O)N3CCC[C@@H]3C2C(N)=O)cc1)S(C)(=O)=O. The molecule has 2 atom stereocenters. The van der Waals surface area contributed by atoms with E-state index in [1.165, 1.54) is 16.3 Å². The van der Waals surface area contributed by atoms with Crippen LogP contribution in [0.1, 0.15) is 18.7 Å². The zero-order valence-corrected chi connectivity index (χ0v) is 17.6. The Morgan fingerprint density at radius 2 is 1.93 bits per heavy atom. The summed E-state index contributed by atoms with van der Waals surface area (Å²) in [6.45, 7) is 0.757. The molecular weight excluding hydrogens is 408 g/mol. The summed E-state index contributed by atoms with van der Waals surface area (Å²) in [5.74, 6) is 0.0473. The van der Waals surface area contributed by atoms with E-state index in [1.54, 1.807) is 46.1 Å². The highest BCUT2D eigenvalue weighted by molar-refractivity contribution is 7.88. The molecule has 160 valence electrons. The fraction of sp³-hybridized carbons (Fsp3) is 0.421. The first-order valence-corrected chi connectivity index (χ1v) is 11.5. The number of hydrogen-bond donors (Lipinski definition) is 1. The fourth-order valence-corrected chi connectivity index (χ4v) is 4.50. The number of anilines is 1. The lowest BCUT2D eigenvalue weighted by Gasteiger charge is -2.23. The maximum Gasteiger partial charge on any atom is 0.325 e. The number of nitrogens with zero attached hydrogens (tertiary/aromatic N) is 5. The van der Waals surface area contributed by atoms with Crippen molar-refractivity contribution in [3.8, 4) is 5.69 Å². The molecule has 2 aromatic rings. The highest BCUT2D eigenvalue weighted by Gasteiger charge is 2.51. The van der Waals surface area contributed by atoms with Crippen LogP contribution in [0, 0.1) is 0 Å². The van der Waals surface area contributed by atoms with Gasteiger partial charge in [0.25, 0.3) is 0 Å². The fourth-order valence-electron chi connectivity index (χ4n) is 4.15. The third kappa shape index (κ3) is 3.43.